The van der Waals surface area contributed by atoms with E-state index in [0.29, 0.717) is 22.0 Å². The molecule has 0 unspecified atom stereocenters. The monoisotopic (exact) mass is 387 g/mol. The molecule has 1 aliphatic rings. The first-order valence-electron chi connectivity index (χ1n) is 8.78. The first kappa shape index (κ1) is 19.2. The minimum absolute atomic E-state index is 0.0167. The number of rotatable bonds is 5. The van der Waals surface area contributed by atoms with E-state index < -0.39 is 0 Å². The van der Waals surface area contributed by atoms with Gasteiger partial charge < -0.3 is 19.9 Å². The van der Waals surface area contributed by atoms with E-state index >= 15 is 0 Å². The van der Waals surface area contributed by atoms with E-state index in [4.69, 9.17) is 16.3 Å². The molecule has 0 radical (unpaired) electrons. The van der Waals surface area contributed by atoms with E-state index in [0.717, 1.165) is 26.2 Å². The Labute approximate surface area is 163 Å². The molecule has 142 valence electrons. The quantitative estimate of drug-likeness (QED) is 0.856. The number of carbonyl (C=O) groups is 2. The van der Waals surface area contributed by atoms with Crippen molar-refractivity contribution in [3.63, 3.8) is 0 Å². The van der Waals surface area contributed by atoms with Crippen LogP contribution in [0.15, 0.2) is 48.5 Å². The van der Waals surface area contributed by atoms with Gasteiger partial charge in [-0.1, -0.05) is 23.7 Å². The number of amides is 2. The maximum Gasteiger partial charge on any atom is 0.262 e. The number of para-hydroxylation sites is 1. The lowest BCUT2D eigenvalue weighted by atomic mass is 10.1. The number of anilines is 1. The van der Waals surface area contributed by atoms with Crippen LogP contribution >= 0.6 is 11.6 Å². The summed E-state index contributed by atoms with van der Waals surface area (Å²) in [5.41, 5.74) is 1.22. The summed E-state index contributed by atoms with van der Waals surface area (Å²) in [6.45, 7) is 3.07. The average molecular weight is 388 g/mol. The Morgan fingerprint density at radius 3 is 2.37 bits per heavy atom. The fourth-order valence-corrected chi connectivity index (χ4v) is 2.98. The Morgan fingerprint density at radius 2 is 1.70 bits per heavy atom. The summed E-state index contributed by atoms with van der Waals surface area (Å²) in [6, 6.07) is 13.9. The summed E-state index contributed by atoms with van der Waals surface area (Å²) in [4.78, 5) is 28.6. The van der Waals surface area contributed by atoms with Crippen molar-refractivity contribution in [2.75, 3.05) is 45.2 Å². The van der Waals surface area contributed by atoms with Gasteiger partial charge in [0.2, 0.25) is 0 Å². The van der Waals surface area contributed by atoms with Crippen LogP contribution in [0.5, 0.6) is 5.75 Å². The van der Waals surface area contributed by atoms with Gasteiger partial charge in [-0.3, -0.25) is 9.59 Å². The molecule has 0 aliphatic carbocycles. The van der Waals surface area contributed by atoms with Crippen LogP contribution in [0.25, 0.3) is 0 Å². The van der Waals surface area contributed by atoms with Crippen molar-refractivity contribution in [1.82, 2.24) is 9.80 Å². The first-order valence-corrected chi connectivity index (χ1v) is 9.16. The molecule has 0 saturated carbocycles. The fourth-order valence-electron chi connectivity index (χ4n) is 2.79. The molecule has 0 atom stereocenters. The van der Waals surface area contributed by atoms with Gasteiger partial charge in [0.1, 0.15) is 5.75 Å². The summed E-state index contributed by atoms with van der Waals surface area (Å²) in [6.07, 6.45) is 0. The molecule has 2 aromatic rings. The van der Waals surface area contributed by atoms with Gasteiger partial charge in [-0.2, -0.15) is 0 Å². The molecule has 1 fully saturated rings. The average Bonchev–Trinajstić information content (AvgIpc) is 2.68. The van der Waals surface area contributed by atoms with E-state index in [-0.39, 0.29) is 18.4 Å². The lowest BCUT2D eigenvalue weighted by Gasteiger charge is -2.32. The van der Waals surface area contributed by atoms with Crippen molar-refractivity contribution in [1.29, 1.82) is 0 Å². The molecule has 1 saturated heterocycles. The second-order valence-corrected chi connectivity index (χ2v) is 6.85. The van der Waals surface area contributed by atoms with E-state index in [9.17, 15) is 9.59 Å². The van der Waals surface area contributed by atoms with Crippen LogP contribution in [0.3, 0.4) is 0 Å². The summed E-state index contributed by atoms with van der Waals surface area (Å²) in [7, 11) is 2.05. The van der Waals surface area contributed by atoms with Crippen LogP contribution in [0, 0.1) is 0 Å². The number of halogens is 1. The Morgan fingerprint density at radius 1 is 1.04 bits per heavy atom. The van der Waals surface area contributed by atoms with Gasteiger partial charge in [0.25, 0.3) is 11.8 Å². The van der Waals surface area contributed by atoms with E-state index in [1.807, 2.05) is 4.90 Å². The zero-order chi connectivity index (χ0) is 19.2. The van der Waals surface area contributed by atoms with Crippen LogP contribution in [-0.2, 0) is 4.79 Å². The zero-order valence-corrected chi connectivity index (χ0v) is 15.9. The van der Waals surface area contributed by atoms with Crippen molar-refractivity contribution in [3.05, 3.63) is 59.1 Å². The molecule has 3 rings (SSSR count). The number of carbonyl (C=O) groups excluding carboxylic acids is 2. The highest BCUT2D eigenvalue weighted by Gasteiger charge is 2.20. The highest BCUT2D eigenvalue weighted by atomic mass is 35.5. The minimum Gasteiger partial charge on any atom is -0.482 e. The number of benzene rings is 2. The van der Waals surface area contributed by atoms with Crippen molar-refractivity contribution in [2.45, 2.75) is 0 Å². The molecular weight excluding hydrogens is 366 g/mol. The van der Waals surface area contributed by atoms with Gasteiger partial charge in [-0.15, -0.1) is 0 Å². The van der Waals surface area contributed by atoms with Gasteiger partial charge in [0.15, 0.2) is 6.61 Å². The topological polar surface area (TPSA) is 61.9 Å². The summed E-state index contributed by atoms with van der Waals surface area (Å²) >= 11 is 5.99. The SMILES string of the molecule is CN1CCN(C(=O)c2ccc(NC(=O)COc3ccccc3Cl)cc2)CC1. The first-order chi connectivity index (χ1) is 13.0. The third kappa shape index (κ3) is 5.21. The number of hydrogen-bond donors (Lipinski definition) is 1. The van der Waals surface area contributed by atoms with Crippen LogP contribution in [0.2, 0.25) is 5.02 Å². The molecule has 2 aromatic carbocycles. The van der Waals surface area contributed by atoms with E-state index in [1.165, 1.54) is 0 Å². The molecule has 27 heavy (non-hydrogen) atoms. The van der Waals surface area contributed by atoms with Gasteiger partial charge in [0, 0.05) is 37.4 Å². The lowest BCUT2D eigenvalue weighted by Crippen LogP contribution is -2.47. The lowest BCUT2D eigenvalue weighted by molar-refractivity contribution is -0.118. The van der Waals surface area contributed by atoms with Gasteiger partial charge in [0.05, 0.1) is 5.02 Å². The molecule has 0 spiro atoms. The molecule has 7 heteroatoms. The number of nitrogens with zero attached hydrogens (tertiary/aromatic N) is 2. The molecule has 0 aromatic heterocycles. The highest BCUT2D eigenvalue weighted by molar-refractivity contribution is 6.32. The molecule has 2 amide bonds. The van der Waals surface area contributed by atoms with Crippen LogP contribution in [0.1, 0.15) is 10.4 Å². The number of piperazine rings is 1. The Kier molecular flexibility index (Phi) is 6.32. The molecule has 0 bridgehead atoms. The third-order valence-electron chi connectivity index (χ3n) is 4.40. The standard InChI is InChI=1S/C20H22ClN3O3/c1-23-10-12-24(13-11-23)20(26)15-6-8-16(9-7-15)22-19(25)14-27-18-5-3-2-4-17(18)21/h2-9H,10-14H2,1H3,(H,22,25). The number of nitrogens with one attached hydrogen (secondary N) is 1. The largest absolute Gasteiger partial charge is 0.482 e. The zero-order valence-electron chi connectivity index (χ0n) is 15.2. The number of likely N-dealkylation sites (N-methyl/N-ethyl adjacent to an activating group) is 1. The maximum atomic E-state index is 12.5. The van der Waals surface area contributed by atoms with Crippen molar-refractivity contribution < 1.29 is 14.3 Å². The maximum absolute atomic E-state index is 12.5. The minimum atomic E-state index is -0.298. The predicted molar refractivity (Wildman–Crippen MR) is 105 cm³/mol. The predicted octanol–water partition coefficient (Wildman–Crippen LogP) is 2.75. The van der Waals surface area contributed by atoms with E-state index in [2.05, 4.69) is 17.3 Å². The normalized spacial score (nSPS) is 14.7. The Hall–Kier alpha value is -2.57. The molecule has 1 heterocycles. The summed E-state index contributed by atoms with van der Waals surface area (Å²) in [5.74, 6) is 0.179. The third-order valence-corrected chi connectivity index (χ3v) is 4.71. The van der Waals surface area contributed by atoms with Crippen LogP contribution in [0.4, 0.5) is 5.69 Å². The van der Waals surface area contributed by atoms with Crippen molar-refractivity contribution in [3.8, 4) is 5.75 Å². The van der Waals surface area contributed by atoms with Gasteiger partial charge in [-0.25, -0.2) is 0 Å². The highest BCUT2D eigenvalue weighted by Crippen LogP contribution is 2.23. The second-order valence-electron chi connectivity index (χ2n) is 6.44. The smallest absolute Gasteiger partial charge is 0.262 e. The second kappa shape index (κ2) is 8.88. The Bertz CT molecular complexity index is 802. The van der Waals surface area contributed by atoms with Gasteiger partial charge in [-0.05, 0) is 43.4 Å². The number of ether oxygens (including phenoxy) is 1. The molecule has 1 aliphatic heterocycles. The van der Waals surface area contributed by atoms with Crippen molar-refractivity contribution >= 4 is 29.1 Å². The fraction of sp³-hybridized carbons (Fsp3) is 0.300. The Balaban J connectivity index is 1.52. The van der Waals surface area contributed by atoms with Gasteiger partial charge >= 0.3 is 0 Å². The summed E-state index contributed by atoms with van der Waals surface area (Å²) < 4.78 is 5.41. The number of hydrogen-bond acceptors (Lipinski definition) is 4. The summed E-state index contributed by atoms with van der Waals surface area (Å²) in [5, 5.41) is 3.20. The van der Waals surface area contributed by atoms with Crippen LogP contribution in [-0.4, -0.2) is 61.4 Å². The molecule has 1 N–H and O–H groups in total. The van der Waals surface area contributed by atoms with E-state index in [1.54, 1.807) is 48.5 Å². The molecular formula is C20H22ClN3O3. The van der Waals surface area contributed by atoms with Crippen LogP contribution < -0.4 is 10.1 Å². The van der Waals surface area contributed by atoms with Crippen molar-refractivity contribution in [2.24, 2.45) is 0 Å². The molecule has 6 nitrogen and oxygen atoms in total.